The SMILES string of the molecule is C=CC(=O)N1CC[C@H](n2nc(C#Cc3ccc4c(c3)ncn4C3CC3)c3c(N)ncc(-c4ccn(C)n4)c32)C1. The zero-order valence-corrected chi connectivity index (χ0v) is 21.6. The van der Waals surface area contributed by atoms with Gasteiger partial charge in [-0.25, -0.2) is 9.97 Å². The Kier molecular flexibility index (Phi) is 5.26. The molecule has 2 N–H and O–H groups in total. The molecule has 10 nitrogen and oxygen atoms in total. The molecule has 1 amide bonds. The van der Waals surface area contributed by atoms with E-state index in [2.05, 4.69) is 44.1 Å². The minimum absolute atomic E-state index is 0.0426. The van der Waals surface area contributed by atoms with Crippen LogP contribution in [0.1, 0.15) is 42.6 Å². The summed E-state index contributed by atoms with van der Waals surface area (Å²) >= 11 is 0. The van der Waals surface area contributed by atoms with Crippen molar-refractivity contribution in [3.63, 3.8) is 0 Å². The van der Waals surface area contributed by atoms with Gasteiger partial charge in [0, 0.05) is 49.7 Å². The Bertz CT molecular complexity index is 1840. The van der Waals surface area contributed by atoms with E-state index < -0.39 is 0 Å². The molecule has 2 fully saturated rings. The highest BCUT2D eigenvalue weighted by Gasteiger charge is 2.30. The van der Waals surface area contributed by atoms with Gasteiger partial charge < -0.3 is 15.2 Å². The maximum atomic E-state index is 12.3. The van der Waals surface area contributed by atoms with Crippen LogP contribution in [0.25, 0.3) is 33.2 Å². The molecule has 1 saturated carbocycles. The first-order valence-electron chi connectivity index (χ1n) is 13.1. The average molecular weight is 518 g/mol. The first-order chi connectivity index (χ1) is 19.0. The molecule has 194 valence electrons. The molecule has 0 spiro atoms. The fraction of sp³-hybridized carbons (Fsp3) is 0.276. The van der Waals surface area contributed by atoms with Gasteiger partial charge in [0.25, 0.3) is 0 Å². The van der Waals surface area contributed by atoms with Crippen molar-refractivity contribution in [2.24, 2.45) is 7.05 Å². The van der Waals surface area contributed by atoms with E-state index in [0.717, 1.165) is 39.8 Å². The van der Waals surface area contributed by atoms with Gasteiger partial charge in [-0.3, -0.25) is 14.2 Å². The average Bonchev–Trinajstić information content (AvgIpc) is 3.31. The van der Waals surface area contributed by atoms with Crippen LogP contribution in [0.4, 0.5) is 5.82 Å². The summed E-state index contributed by atoms with van der Waals surface area (Å²) in [6.45, 7) is 4.79. The Balaban J connectivity index is 1.35. The number of imidazole rings is 1. The second-order valence-corrected chi connectivity index (χ2v) is 10.2. The Morgan fingerprint density at radius 3 is 2.77 bits per heavy atom. The molecule has 0 radical (unpaired) electrons. The number of nitrogens with zero attached hydrogens (tertiary/aromatic N) is 8. The van der Waals surface area contributed by atoms with Crippen LogP contribution in [0.3, 0.4) is 0 Å². The minimum Gasteiger partial charge on any atom is -0.383 e. The summed E-state index contributed by atoms with van der Waals surface area (Å²) < 4.78 is 5.95. The van der Waals surface area contributed by atoms with E-state index in [-0.39, 0.29) is 11.9 Å². The normalized spacial score (nSPS) is 17.1. The Morgan fingerprint density at radius 1 is 1.13 bits per heavy atom. The van der Waals surface area contributed by atoms with Crippen molar-refractivity contribution in [1.29, 1.82) is 0 Å². The molecule has 7 rings (SSSR count). The van der Waals surface area contributed by atoms with Crippen molar-refractivity contribution in [3.8, 4) is 23.1 Å². The van der Waals surface area contributed by atoms with Gasteiger partial charge in [0.2, 0.25) is 5.91 Å². The lowest BCUT2D eigenvalue weighted by atomic mass is 10.1. The van der Waals surface area contributed by atoms with Gasteiger partial charge in [-0.1, -0.05) is 12.5 Å². The number of carbonyl (C=O) groups excluding carboxylic acids is 1. The maximum Gasteiger partial charge on any atom is 0.246 e. The van der Waals surface area contributed by atoms with Crippen molar-refractivity contribution in [3.05, 3.63) is 66.9 Å². The number of aryl methyl sites for hydroxylation is 1. The van der Waals surface area contributed by atoms with Crippen LogP contribution in [-0.4, -0.2) is 58.0 Å². The quantitative estimate of drug-likeness (QED) is 0.289. The number of nitrogen functional groups attached to an aromatic ring is 1. The van der Waals surface area contributed by atoms with Gasteiger partial charge in [0.05, 0.1) is 40.0 Å². The van der Waals surface area contributed by atoms with Gasteiger partial charge >= 0.3 is 0 Å². The van der Waals surface area contributed by atoms with Gasteiger partial charge in [-0.2, -0.15) is 10.2 Å². The fourth-order valence-electron chi connectivity index (χ4n) is 5.45. The molecule has 39 heavy (non-hydrogen) atoms. The number of nitrogens with two attached hydrogens (primary N) is 1. The number of pyridine rings is 1. The van der Waals surface area contributed by atoms with Crippen LogP contribution in [0.2, 0.25) is 0 Å². The zero-order valence-electron chi connectivity index (χ0n) is 21.6. The van der Waals surface area contributed by atoms with Crippen molar-refractivity contribution >= 4 is 33.7 Å². The van der Waals surface area contributed by atoms with E-state index in [1.165, 1.54) is 18.9 Å². The summed E-state index contributed by atoms with van der Waals surface area (Å²) in [4.78, 5) is 23.2. The number of hydrogen-bond donors (Lipinski definition) is 1. The van der Waals surface area contributed by atoms with Crippen molar-refractivity contribution in [2.75, 3.05) is 18.8 Å². The van der Waals surface area contributed by atoms with Gasteiger partial charge in [-0.05, 0) is 55.5 Å². The third-order valence-electron chi connectivity index (χ3n) is 7.58. The van der Waals surface area contributed by atoms with E-state index >= 15 is 0 Å². The van der Waals surface area contributed by atoms with Gasteiger partial charge in [0.15, 0.2) is 0 Å². The molecule has 0 bridgehead atoms. The first-order valence-corrected chi connectivity index (χ1v) is 13.1. The number of anilines is 1. The lowest BCUT2D eigenvalue weighted by Crippen LogP contribution is -2.27. The number of aromatic nitrogens is 7. The number of amides is 1. The molecule has 10 heteroatoms. The number of fused-ring (bicyclic) bond motifs is 2. The molecule has 0 unspecified atom stereocenters. The number of rotatable bonds is 4. The van der Waals surface area contributed by atoms with Crippen molar-refractivity contribution in [1.82, 2.24) is 39.0 Å². The number of hydrogen-bond acceptors (Lipinski definition) is 6. The van der Waals surface area contributed by atoms with E-state index in [0.29, 0.717) is 36.0 Å². The predicted octanol–water partition coefficient (Wildman–Crippen LogP) is 3.46. The number of benzene rings is 1. The summed E-state index contributed by atoms with van der Waals surface area (Å²) in [6, 6.07) is 8.58. The van der Waals surface area contributed by atoms with Crippen molar-refractivity contribution < 1.29 is 4.79 Å². The van der Waals surface area contributed by atoms with Crippen LogP contribution < -0.4 is 5.73 Å². The molecule has 4 aromatic heterocycles. The lowest BCUT2D eigenvalue weighted by molar-refractivity contribution is -0.125. The molecular weight excluding hydrogens is 490 g/mol. The fourth-order valence-corrected chi connectivity index (χ4v) is 5.45. The summed E-state index contributed by atoms with van der Waals surface area (Å²) in [5.74, 6) is 6.81. The molecule has 1 saturated heterocycles. The van der Waals surface area contributed by atoms with Crippen LogP contribution >= 0.6 is 0 Å². The standard InChI is InChI=1S/C29H27N9O/c1-3-26(39)36-13-10-20(16-36)38-28-21(22-11-12-35(2)33-22)15-31-29(30)27(28)23(34-38)8-4-18-5-9-25-24(14-18)32-17-37(25)19-6-7-19/h3,5,9,11-12,14-15,17,19-20H,1,6-7,10,13,16H2,2H3,(H2,30,31)/t20-/m0/s1. The summed E-state index contributed by atoms with van der Waals surface area (Å²) in [5, 5.41) is 10.3. The van der Waals surface area contributed by atoms with Crippen molar-refractivity contribution in [2.45, 2.75) is 31.3 Å². The smallest absolute Gasteiger partial charge is 0.246 e. The maximum absolute atomic E-state index is 12.3. The highest BCUT2D eigenvalue weighted by atomic mass is 16.2. The van der Waals surface area contributed by atoms with E-state index in [9.17, 15) is 4.79 Å². The minimum atomic E-state index is -0.0837. The third kappa shape index (κ3) is 3.94. The predicted molar refractivity (Wildman–Crippen MR) is 149 cm³/mol. The monoisotopic (exact) mass is 517 g/mol. The Morgan fingerprint density at radius 2 is 2.00 bits per heavy atom. The van der Waals surface area contributed by atoms with Crippen LogP contribution in [0, 0.1) is 11.8 Å². The van der Waals surface area contributed by atoms with Gasteiger partial charge in [0.1, 0.15) is 11.5 Å². The highest BCUT2D eigenvalue weighted by molar-refractivity contribution is 6.01. The van der Waals surface area contributed by atoms with E-state index in [1.54, 1.807) is 15.8 Å². The number of carbonyl (C=O) groups is 1. The first kappa shape index (κ1) is 23.2. The molecule has 5 heterocycles. The Hall–Kier alpha value is -4.91. The molecule has 2 aliphatic rings. The molecule has 1 atom stereocenters. The molecule has 1 aromatic carbocycles. The topological polar surface area (TPSA) is 113 Å². The van der Waals surface area contributed by atoms with Gasteiger partial charge in [-0.15, -0.1) is 0 Å². The summed E-state index contributed by atoms with van der Waals surface area (Å²) in [5.41, 5.74) is 12.3. The van der Waals surface area contributed by atoms with E-state index in [4.69, 9.17) is 10.8 Å². The van der Waals surface area contributed by atoms with Crippen LogP contribution in [0.5, 0.6) is 0 Å². The highest BCUT2D eigenvalue weighted by Crippen LogP contribution is 2.37. The largest absolute Gasteiger partial charge is 0.383 e. The second-order valence-electron chi connectivity index (χ2n) is 10.2. The molecule has 1 aliphatic carbocycles. The van der Waals surface area contributed by atoms with Crippen LogP contribution in [-0.2, 0) is 11.8 Å². The van der Waals surface area contributed by atoms with Crippen LogP contribution in [0.15, 0.2) is 55.6 Å². The second kappa shape index (κ2) is 8.84. The molecule has 5 aromatic rings. The Labute approximate surface area is 224 Å². The summed E-state index contributed by atoms with van der Waals surface area (Å²) in [7, 11) is 1.87. The molecule has 1 aliphatic heterocycles. The lowest BCUT2D eigenvalue weighted by Gasteiger charge is -2.16. The molecular formula is C29H27N9O. The third-order valence-corrected chi connectivity index (χ3v) is 7.58. The number of likely N-dealkylation sites (tertiary alicyclic amines) is 1. The summed E-state index contributed by atoms with van der Waals surface area (Å²) in [6.07, 6.45) is 10.1. The van der Waals surface area contributed by atoms with E-state index in [1.807, 2.05) is 42.5 Å². The zero-order chi connectivity index (χ0) is 26.7.